The molecule has 0 radical (unpaired) electrons. The Kier molecular flexibility index (Phi) is 5.07. The molecule has 0 bridgehead atoms. The van der Waals surface area contributed by atoms with Gasteiger partial charge in [0.05, 0.1) is 6.20 Å². The van der Waals surface area contributed by atoms with Gasteiger partial charge in [-0.2, -0.15) is 13.2 Å². The number of aromatic nitrogens is 2. The molecule has 6 nitrogen and oxygen atoms in total. The lowest BCUT2D eigenvalue weighted by molar-refractivity contribution is -0.183. The minimum atomic E-state index is -4.40. The normalized spacial score (nSPS) is 18.2. The van der Waals surface area contributed by atoms with Gasteiger partial charge in [0.1, 0.15) is 11.7 Å². The summed E-state index contributed by atoms with van der Waals surface area (Å²) in [6, 6.07) is -1.69. The Morgan fingerprint density at radius 2 is 2.10 bits per heavy atom. The van der Waals surface area contributed by atoms with E-state index in [-0.39, 0.29) is 5.69 Å². The van der Waals surface area contributed by atoms with Gasteiger partial charge in [-0.15, -0.1) is 0 Å². The minimum absolute atomic E-state index is 0.00117. The summed E-state index contributed by atoms with van der Waals surface area (Å²) in [6.07, 6.45) is -0.488. The predicted molar refractivity (Wildman–Crippen MR) is 68.7 cm³/mol. The Balaban J connectivity index is 1.97. The molecule has 2 N–H and O–H groups in total. The third kappa shape index (κ3) is 4.36. The highest BCUT2D eigenvalue weighted by Gasteiger charge is 2.43. The van der Waals surface area contributed by atoms with Crippen molar-refractivity contribution in [3.05, 3.63) is 24.3 Å². The van der Waals surface area contributed by atoms with Crippen LogP contribution in [0, 0.1) is 0 Å². The second-order valence-electron chi connectivity index (χ2n) is 4.64. The van der Waals surface area contributed by atoms with Gasteiger partial charge in [0, 0.05) is 45.1 Å². The highest BCUT2D eigenvalue weighted by molar-refractivity contribution is 5.91. The van der Waals surface area contributed by atoms with E-state index in [0.717, 1.165) is 0 Å². The lowest BCUT2D eigenvalue weighted by atomic mass is 10.2. The molecule has 0 aliphatic carbocycles. The monoisotopic (exact) mass is 303 g/mol. The Bertz CT molecular complexity index is 462. The van der Waals surface area contributed by atoms with Crippen molar-refractivity contribution in [3.63, 3.8) is 0 Å². The van der Waals surface area contributed by atoms with Gasteiger partial charge in [-0.25, -0.2) is 4.98 Å². The van der Waals surface area contributed by atoms with Crippen LogP contribution in [0.25, 0.3) is 0 Å². The third-order valence-electron chi connectivity index (χ3n) is 3.22. The number of piperazine rings is 1. The number of amides is 1. The lowest BCUT2D eigenvalue weighted by Gasteiger charge is -2.35. The van der Waals surface area contributed by atoms with E-state index in [9.17, 15) is 18.0 Å². The van der Waals surface area contributed by atoms with Crippen LogP contribution in [0.4, 0.5) is 13.2 Å². The SMILES string of the molecule is O=C(NCC(N1CCNCC1)C(F)(F)F)c1cnccn1. The predicted octanol–water partition coefficient (Wildman–Crippen LogP) is 0.0425. The van der Waals surface area contributed by atoms with Gasteiger partial charge in [-0.3, -0.25) is 14.7 Å². The van der Waals surface area contributed by atoms with Crippen LogP contribution in [-0.2, 0) is 0 Å². The van der Waals surface area contributed by atoms with Gasteiger partial charge in [-0.05, 0) is 0 Å². The average Bonchev–Trinajstić information content (AvgIpc) is 2.48. The van der Waals surface area contributed by atoms with E-state index in [1.165, 1.54) is 23.5 Å². The molecule has 116 valence electrons. The van der Waals surface area contributed by atoms with Crippen molar-refractivity contribution in [1.29, 1.82) is 0 Å². The highest BCUT2D eigenvalue weighted by Crippen LogP contribution is 2.24. The first-order valence-corrected chi connectivity index (χ1v) is 6.54. The highest BCUT2D eigenvalue weighted by atomic mass is 19.4. The Labute approximate surface area is 119 Å². The average molecular weight is 303 g/mol. The number of carbonyl (C=O) groups excluding carboxylic acids is 1. The zero-order valence-electron chi connectivity index (χ0n) is 11.2. The number of alkyl halides is 3. The number of nitrogens with one attached hydrogen (secondary N) is 2. The van der Waals surface area contributed by atoms with Crippen molar-refractivity contribution in [1.82, 2.24) is 25.5 Å². The van der Waals surface area contributed by atoms with Crippen molar-refractivity contribution >= 4 is 5.91 Å². The van der Waals surface area contributed by atoms with Crippen LogP contribution in [0.1, 0.15) is 10.5 Å². The largest absolute Gasteiger partial charge is 0.405 e. The summed E-state index contributed by atoms with van der Waals surface area (Å²) in [5, 5.41) is 5.28. The van der Waals surface area contributed by atoms with Crippen LogP contribution in [0.15, 0.2) is 18.6 Å². The second-order valence-corrected chi connectivity index (χ2v) is 4.64. The number of nitrogens with zero attached hydrogens (tertiary/aromatic N) is 3. The standard InChI is InChI=1S/C12H16F3N5O/c13-12(14,15)10(20-5-3-16-4-6-20)8-19-11(21)9-7-17-1-2-18-9/h1-2,7,10,16H,3-6,8H2,(H,19,21). The first kappa shape index (κ1) is 15.6. The van der Waals surface area contributed by atoms with E-state index in [2.05, 4.69) is 20.6 Å². The molecule has 0 spiro atoms. The Hall–Kier alpha value is -1.74. The van der Waals surface area contributed by atoms with Crippen LogP contribution in [0.5, 0.6) is 0 Å². The molecule has 1 aliphatic rings. The minimum Gasteiger partial charge on any atom is -0.349 e. The van der Waals surface area contributed by atoms with Crippen molar-refractivity contribution in [2.75, 3.05) is 32.7 Å². The second kappa shape index (κ2) is 6.81. The summed E-state index contributed by atoms with van der Waals surface area (Å²) in [4.78, 5) is 20.5. The van der Waals surface area contributed by atoms with E-state index >= 15 is 0 Å². The van der Waals surface area contributed by atoms with E-state index in [1.54, 1.807) is 0 Å². The van der Waals surface area contributed by atoms with E-state index < -0.39 is 24.7 Å². The van der Waals surface area contributed by atoms with Crippen LogP contribution < -0.4 is 10.6 Å². The molecule has 21 heavy (non-hydrogen) atoms. The van der Waals surface area contributed by atoms with E-state index in [0.29, 0.717) is 26.2 Å². The zero-order chi connectivity index (χ0) is 15.3. The summed E-state index contributed by atoms with van der Waals surface area (Å²) < 4.78 is 39.3. The molecule has 1 unspecified atom stereocenters. The fourth-order valence-corrected chi connectivity index (χ4v) is 2.14. The van der Waals surface area contributed by atoms with Gasteiger partial charge in [0.25, 0.3) is 5.91 Å². The molecular formula is C12H16F3N5O. The van der Waals surface area contributed by atoms with Crippen LogP contribution in [0.2, 0.25) is 0 Å². The fourth-order valence-electron chi connectivity index (χ4n) is 2.14. The molecule has 2 heterocycles. The number of halogens is 3. The molecule has 1 saturated heterocycles. The molecule has 1 aromatic heterocycles. The molecule has 1 amide bonds. The van der Waals surface area contributed by atoms with Crippen LogP contribution in [-0.4, -0.2) is 65.7 Å². The topological polar surface area (TPSA) is 70.2 Å². The molecule has 9 heteroatoms. The maximum atomic E-state index is 13.1. The molecule has 2 rings (SSSR count). The molecule has 1 fully saturated rings. The van der Waals surface area contributed by atoms with E-state index in [1.807, 2.05) is 0 Å². The Morgan fingerprint density at radius 1 is 1.38 bits per heavy atom. The number of hydrogen-bond donors (Lipinski definition) is 2. The zero-order valence-corrected chi connectivity index (χ0v) is 11.2. The third-order valence-corrected chi connectivity index (χ3v) is 3.22. The van der Waals surface area contributed by atoms with Crippen molar-refractivity contribution in [2.45, 2.75) is 12.2 Å². The molecular weight excluding hydrogens is 287 g/mol. The maximum absolute atomic E-state index is 13.1. The first-order chi connectivity index (χ1) is 9.98. The molecule has 1 aromatic rings. The summed E-state index contributed by atoms with van der Waals surface area (Å²) in [5.41, 5.74) is -0.00117. The van der Waals surface area contributed by atoms with Gasteiger partial charge in [0.2, 0.25) is 0 Å². The quantitative estimate of drug-likeness (QED) is 0.822. The summed E-state index contributed by atoms with van der Waals surface area (Å²) >= 11 is 0. The van der Waals surface area contributed by atoms with Gasteiger partial charge >= 0.3 is 6.18 Å². The summed E-state index contributed by atoms with van der Waals surface area (Å²) in [7, 11) is 0. The smallest absolute Gasteiger partial charge is 0.349 e. The van der Waals surface area contributed by atoms with Crippen molar-refractivity contribution < 1.29 is 18.0 Å². The van der Waals surface area contributed by atoms with Crippen molar-refractivity contribution in [3.8, 4) is 0 Å². The molecule has 1 aliphatic heterocycles. The van der Waals surface area contributed by atoms with Gasteiger partial charge in [0.15, 0.2) is 0 Å². The number of hydrogen-bond acceptors (Lipinski definition) is 5. The fraction of sp³-hybridized carbons (Fsp3) is 0.583. The first-order valence-electron chi connectivity index (χ1n) is 6.54. The lowest BCUT2D eigenvalue weighted by Crippen LogP contribution is -2.57. The summed E-state index contributed by atoms with van der Waals surface area (Å²) in [6.45, 7) is 1.10. The van der Waals surface area contributed by atoms with Crippen LogP contribution >= 0.6 is 0 Å². The maximum Gasteiger partial charge on any atom is 0.405 e. The van der Waals surface area contributed by atoms with Crippen LogP contribution in [0.3, 0.4) is 0 Å². The number of carbonyl (C=O) groups is 1. The van der Waals surface area contributed by atoms with E-state index in [4.69, 9.17) is 0 Å². The molecule has 1 atom stereocenters. The molecule has 0 aromatic carbocycles. The van der Waals surface area contributed by atoms with Gasteiger partial charge < -0.3 is 10.6 Å². The van der Waals surface area contributed by atoms with Gasteiger partial charge in [-0.1, -0.05) is 0 Å². The molecule has 0 saturated carbocycles. The number of rotatable bonds is 4. The Morgan fingerprint density at radius 3 is 2.67 bits per heavy atom. The summed E-state index contributed by atoms with van der Waals surface area (Å²) in [5.74, 6) is -0.660. The van der Waals surface area contributed by atoms with Crippen molar-refractivity contribution in [2.24, 2.45) is 0 Å².